The maximum Gasteiger partial charge on any atom is 0.382 e. The number of nitriles is 1. The molecule has 0 aliphatic rings. The summed E-state index contributed by atoms with van der Waals surface area (Å²) in [6.45, 7) is 0. The van der Waals surface area contributed by atoms with Crippen molar-refractivity contribution >= 4 is 5.82 Å². The smallest absolute Gasteiger partial charge is 0.358 e. The normalized spacial score (nSPS) is 8.70. The Hall–Kier alpha value is -1.90. The Bertz CT molecular complexity index is 296. The van der Waals surface area contributed by atoms with Gasteiger partial charge in [-0.05, 0) is 9.91 Å². The fourth-order valence-electron chi connectivity index (χ4n) is 0.461. The average Bonchev–Trinajstić information content (AvgIpc) is 2.34. The molecule has 0 aliphatic heterocycles. The van der Waals surface area contributed by atoms with Gasteiger partial charge >= 0.3 is 5.82 Å². The SMILES string of the molecule is N#Cn1cnc([N+](=O)[O-])c1. The summed E-state index contributed by atoms with van der Waals surface area (Å²) in [5, 5.41) is 18.1. The van der Waals surface area contributed by atoms with Gasteiger partial charge in [0.25, 0.3) is 0 Å². The van der Waals surface area contributed by atoms with E-state index in [4.69, 9.17) is 5.26 Å². The highest BCUT2D eigenvalue weighted by atomic mass is 16.6. The highest BCUT2D eigenvalue weighted by Gasteiger charge is 2.07. The van der Waals surface area contributed by atoms with E-state index in [2.05, 4.69) is 4.98 Å². The van der Waals surface area contributed by atoms with E-state index < -0.39 is 4.92 Å². The minimum atomic E-state index is -0.659. The van der Waals surface area contributed by atoms with Gasteiger partial charge in [0, 0.05) is 0 Å². The van der Waals surface area contributed by atoms with E-state index in [1.165, 1.54) is 0 Å². The van der Waals surface area contributed by atoms with Crippen LogP contribution in [-0.4, -0.2) is 14.5 Å². The van der Waals surface area contributed by atoms with E-state index in [0.717, 1.165) is 17.1 Å². The Morgan fingerprint density at radius 1 is 1.90 bits per heavy atom. The van der Waals surface area contributed by atoms with Crippen molar-refractivity contribution in [3.8, 4) is 6.19 Å². The molecule has 0 bridgehead atoms. The monoisotopic (exact) mass is 138 g/mol. The number of imidazole rings is 1. The summed E-state index contributed by atoms with van der Waals surface area (Å²) in [6.07, 6.45) is 3.78. The molecule has 0 aromatic carbocycles. The first-order chi connectivity index (χ1) is 4.74. The molecule has 0 N–H and O–H groups in total. The third-order valence-electron chi connectivity index (χ3n) is 0.871. The lowest BCUT2D eigenvalue weighted by molar-refractivity contribution is -0.389. The molecule has 1 rings (SSSR count). The van der Waals surface area contributed by atoms with Gasteiger partial charge in [-0.2, -0.15) is 5.26 Å². The second kappa shape index (κ2) is 2.14. The van der Waals surface area contributed by atoms with Crippen LogP contribution in [0.15, 0.2) is 12.5 Å². The van der Waals surface area contributed by atoms with Gasteiger partial charge in [-0.15, -0.1) is 0 Å². The molecule has 0 saturated carbocycles. The van der Waals surface area contributed by atoms with Crippen molar-refractivity contribution in [2.45, 2.75) is 0 Å². The van der Waals surface area contributed by atoms with E-state index in [0.29, 0.717) is 0 Å². The van der Waals surface area contributed by atoms with Crippen LogP contribution in [0, 0.1) is 21.6 Å². The molecule has 0 amide bonds. The van der Waals surface area contributed by atoms with Gasteiger partial charge in [0.2, 0.25) is 6.33 Å². The molecule has 0 saturated heterocycles. The topological polar surface area (TPSA) is 84.8 Å². The maximum atomic E-state index is 9.95. The fraction of sp³-hybridized carbons (Fsp3) is 0. The summed E-state index contributed by atoms with van der Waals surface area (Å²) in [7, 11) is 0. The molecule has 1 aromatic rings. The Kier molecular flexibility index (Phi) is 1.33. The molecule has 0 unspecified atom stereocenters. The molecule has 0 aliphatic carbocycles. The van der Waals surface area contributed by atoms with Crippen LogP contribution in [0.1, 0.15) is 0 Å². The summed E-state index contributed by atoms with van der Waals surface area (Å²) in [5.41, 5.74) is 0. The molecule has 1 aromatic heterocycles. The van der Waals surface area contributed by atoms with Crippen molar-refractivity contribution in [2.24, 2.45) is 0 Å². The Morgan fingerprint density at radius 3 is 2.90 bits per heavy atom. The highest BCUT2D eigenvalue weighted by Crippen LogP contribution is 2.03. The second-order valence-corrected chi connectivity index (χ2v) is 1.50. The minimum absolute atomic E-state index is 0.318. The highest BCUT2D eigenvalue weighted by molar-refractivity contribution is 5.14. The molecule has 1 heterocycles. The summed E-state index contributed by atoms with van der Waals surface area (Å²) < 4.78 is 0.956. The first-order valence-corrected chi connectivity index (χ1v) is 2.32. The standard InChI is InChI=1S/C4H2N4O2/c5-2-7-1-4(6-3-7)8(9)10/h1,3H. The minimum Gasteiger partial charge on any atom is -0.358 e. The number of nitro groups is 1. The van der Waals surface area contributed by atoms with E-state index >= 15 is 0 Å². The quantitative estimate of drug-likeness (QED) is 0.407. The molecular formula is C4H2N4O2. The summed E-state index contributed by atoms with van der Waals surface area (Å²) in [5.74, 6) is -0.318. The average molecular weight is 138 g/mol. The van der Waals surface area contributed by atoms with Crippen molar-refractivity contribution in [1.29, 1.82) is 5.26 Å². The first kappa shape index (κ1) is 6.22. The van der Waals surface area contributed by atoms with Crippen LogP contribution in [0.25, 0.3) is 0 Å². The van der Waals surface area contributed by atoms with E-state index in [9.17, 15) is 10.1 Å². The van der Waals surface area contributed by atoms with Crippen LogP contribution in [0.5, 0.6) is 0 Å². The third kappa shape index (κ3) is 0.925. The summed E-state index contributed by atoms with van der Waals surface area (Å²) in [6, 6.07) is 0. The van der Waals surface area contributed by atoms with E-state index in [1.54, 1.807) is 6.19 Å². The Labute approximate surface area is 55.5 Å². The van der Waals surface area contributed by atoms with Crippen LogP contribution in [-0.2, 0) is 0 Å². The maximum absolute atomic E-state index is 9.95. The molecule has 6 heteroatoms. The molecule has 0 spiro atoms. The Balaban J connectivity index is 3.02. The van der Waals surface area contributed by atoms with Crippen LogP contribution in [0.3, 0.4) is 0 Å². The van der Waals surface area contributed by atoms with Crippen molar-refractivity contribution in [1.82, 2.24) is 9.55 Å². The lowest BCUT2D eigenvalue weighted by Gasteiger charge is -1.81. The predicted molar refractivity (Wildman–Crippen MR) is 29.9 cm³/mol. The van der Waals surface area contributed by atoms with Gasteiger partial charge in [-0.25, -0.2) is 4.57 Å². The van der Waals surface area contributed by atoms with Crippen LogP contribution < -0.4 is 0 Å². The van der Waals surface area contributed by atoms with Gasteiger partial charge in [-0.1, -0.05) is 0 Å². The molecule has 0 fully saturated rings. The van der Waals surface area contributed by atoms with E-state index in [1.807, 2.05) is 0 Å². The predicted octanol–water partition coefficient (Wildman–Crippen LogP) is 0.120. The molecular weight excluding hydrogens is 136 g/mol. The lowest BCUT2D eigenvalue weighted by Crippen LogP contribution is -1.86. The number of aromatic nitrogens is 2. The zero-order valence-corrected chi connectivity index (χ0v) is 4.76. The van der Waals surface area contributed by atoms with Gasteiger partial charge in [0.1, 0.15) is 6.20 Å². The van der Waals surface area contributed by atoms with Crippen molar-refractivity contribution in [3.05, 3.63) is 22.6 Å². The summed E-state index contributed by atoms with van der Waals surface area (Å²) >= 11 is 0. The Morgan fingerprint density at radius 2 is 2.60 bits per heavy atom. The first-order valence-electron chi connectivity index (χ1n) is 2.32. The van der Waals surface area contributed by atoms with Gasteiger partial charge < -0.3 is 10.1 Å². The summed E-state index contributed by atoms with van der Waals surface area (Å²) in [4.78, 5) is 12.6. The second-order valence-electron chi connectivity index (χ2n) is 1.50. The molecule has 0 radical (unpaired) electrons. The number of nitrogens with zero attached hydrogens (tertiary/aromatic N) is 4. The van der Waals surface area contributed by atoms with Crippen LogP contribution in [0.4, 0.5) is 5.82 Å². The van der Waals surface area contributed by atoms with Gasteiger partial charge in [-0.3, -0.25) is 0 Å². The number of hydrogen-bond acceptors (Lipinski definition) is 4. The van der Waals surface area contributed by atoms with Crippen molar-refractivity contribution in [3.63, 3.8) is 0 Å². The third-order valence-corrected chi connectivity index (χ3v) is 0.871. The molecule has 10 heavy (non-hydrogen) atoms. The van der Waals surface area contributed by atoms with Gasteiger partial charge in [0.15, 0.2) is 6.19 Å². The van der Waals surface area contributed by atoms with Crippen molar-refractivity contribution in [2.75, 3.05) is 0 Å². The van der Waals surface area contributed by atoms with Crippen molar-refractivity contribution < 1.29 is 4.92 Å². The van der Waals surface area contributed by atoms with E-state index in [-0.39, 0.29) is 5.82 Å². The number of rotatable bonds is 1. The fourth-order valence-corrected chi connectivity index (χ4v) is 0.461. The van der Waals surface area contributed by atoms with Crippen LogP contribution >= 0.6 is 0 Å². The zero-order chi connectivity index (χ0) is 7.56. The molecule has 0 atom stereocenters. The lowest BCUT2D eigenvalue weighted by atomic mass is 10.8. The molecule has 6 nitrogen and oxygen atoms in total. The van der Waals surface area contributed by atoms with Gasteiger partial charge in [0.05, 0.1) is 0 Å². The van der Waals surface area contributed by atoms with Crippen LogP contribution in [0.2, 0.25) is 0 Å². The number of hydrogen-bond donors (Lipinski definition) is 0. The molecule has 50 valence electrons. The largest absolute Gasteiger partial charge is 0.382 e. The zero-order valence-electron chi connectivity index (χ0n) is 4.76.